The lowest BCUT2D eigenvalue weighted by atomic mass is 9.49. The van der Waals surface area contributed by atoms with E-state index in [0.717, 1.165) is 37.7 Å². The largest absolute Gasteiger partial charge is 0.508 e. The summed E-state index contributed by atoms with van der Waals surface area (Å²) in [5.41, 5.74) is 2.69. The average Bonchev–Trinajstić information content (AvgIpc) is 2.46. The predicted molar refractivity (Wildman–Crippen MR) is 91.0 cm³/mol. The summed E-state index contributed by atoms with van der Waals surface area (Å²) in [6.07, 6.45) is 4.54. The third-order valence-corrected chi connectivity index (χ3v) is 6.61. The fraction of sp³-hybridized carbons (Fsp3) is 0.650. The van der Waals surface area contributed by atoms with Gasteiger partial charge in [-0.3, -0.25) is 4.79 Å². The summed E-state index contributed by atoms with van der Waals surface area (Å²) in [5, 5.41) is 20.3. The normalized spacial score (nSPS) is 33.2. The molecule has 1 saturated carbocycles. The van der Waals surface area contributed by atoms with Crippen molar-refractivity contribution in [3.8, 4) is 5.75 Å². The lowest BCUT2D eigenvalue weighted by Gasteiger charge is -2.53. The van der Waals surface area contributed by atoms with Gasteiger partial charge in [-0.1, -0.05) is 33.3 Å². The van der Waals surface area contributed by atoms with Crippen LogP contribution in [-0.4, -0.2) is 16.2 Å². The number of benzene rings is 1. The van der Waals surface area contributed by atoms with Crippen molar-refractivity contribution in [2.45, 2.75) is 71.1 Å². The molecule has 3 rings (SSSR count). The Morgan fingerprint density at radius 3 is 2.57 bits per heavy atom. The standard InChI is InChI=1S/C20H28O3/c1-12(2)14-10-13-6-7-17-19(3,15(13)11-16(14)21)8-5-9-20(17,4)18(22)23/h10-12,17,21H,5-9H2,1-4H3,(H,22,23)/t17-,19+,20-/m0/s1. The summed E-state index contributed by atoms with van der Waals surface area (Å²) in [4.78, 5) is 11.9. The highest BCUT2D eigenvalue weighted by atomic mass is 16.4. The first-order valence-corrected chi connectivity index (χ1v) is 8.80. The van der Waals surface area contributed by atoms with E-state index < -0.39 is 11.4 Å². The highest BCUT2D eigenvalue weighted by Crippen LogP contribution is 2.58. The van der Waals surface area contributed by atoms with Crippen LogP contribution >= 0.6 is 0 Å². The van der Waals surface area contributed by atoms with Crippen LogP contribution in [0.1, 0.15) is 76.0 Å². The molecule has 1 fully saturated rings. The SMILES string of the molecule is CC(C)c1cc2c(cc1O)[C@@]1(C)CCC[C@](C)(C(=O)O)[C@H]1CC2. The smallest absolute Gasteiger partial charge is 0.309 e. The average molecular weight is 316 g/mol. The summed E-state index contributed by atoms with van der Waals surface area (Å²) >= 11 is 0. The molecule has 0 heterocycles. The van der Waals surface area contributed by atoms with E-state index in [1.807, 2.05) is 13.0 Å². The van der Waals surface area contributed by atoms with Gasteiger partial charge in [0.2, 0.25) is 0 Å². The van der Waals surface area contributed by atoms with Gasteiger partial charge in [-0.25, -0.2) is 0 Å². The van der Waals surface area contributed by atoms with Gasteiger partial charge >= 0.3 is 5.97 Å². The maximum atomic E-state index is 11.9. The van der Waals surface area contributed by atoms with Crippen LogP contribution in [0.15, 0.2) is 12.1 Å². The maximum absolute atomic E-state index is 11.9. The van der Waals surface area contributed by atoms with E-state index in [1.54, 1.807) is 0 Å². The first-order chi connectivity index (χ1) is 10.7. The molecule has 0 bridgehead atoms. The number of aliphatic carboxylic acids is 1. The van der Waals surface area contributed by atoms with Gasteiger partial charge < -0.3 is 10.2 Å². The molecule has 2 aliphatic rings. The minimum absolute atomic E-state index is 0.137. The minimum Gasteiger partial charge on any atom is -0.508 e. The van der Waals surface area contributed by atoms with Crippen LogP contribution in [0.4, 0.5) is 0 Å². The molecule has 2 N–H and O–H groups in total. The zero-order chi connectivity index (χ0) is 17.0. The van der Waals surface area contributed by atoms with Crippen LogP contribution in [0.25, 0.3) is 0 Å². The van der Waals surface area contributed by atoms with Gasteiger partial charge in [-0.15, -0.1) is 0 Å². The Bertz CT molecular complexity index is 649. The summed E-state index contributed by atoms with van der Waals surface area (Å²) < 4.78 is 0. The van der Waals surface area contributed by atoms with Crippen LogP contribution in [-0.2, 0) is 16.6 Å². The van der Waals surface area contributed by atoms with Gasteiger partial charge in [0.1, 0.15) is 5.75 Å². The number of carboxylic acid groups (broad SMARTS) is 1. The lowest BCUT2D eigenvalue weighted by Crippen LogP contribution is -2.52. The lowest BCUT2D eigenvalue weighted by molar-refractivity contribution is -0.157. The molecular weight excluding hydrogens is 288 g/mol. The summed E-state index contributed by atoms with van der Waals surface area (Å²) in [6, 6.07) is 4.09. The first kappa shape index (κ1) is 16.4. The number of aromatic hydroxyl groups is 1. The highest BCUT2D eigenvalue weighted by molar-refractivity contribution is 5.75. The second-order valence-electron chi connectivity index (χ2n) is 8.31. The zero-order valence-corrected chi connectivity index (χ0v) is 14.6. The number of aryl methyl sites for hydroxylation is 1. The van der Waals surface area contributed by atoms with Crippen molar-refractivity contribution in [3.63, 3.8) is 0 Å². The van der Waals surface area contributed by atoms with Crippen molar-refractivity contribution in [1.82, 2.24) is 0 Å². The molecule has 0 spiro atoms. The van der Waals surface area contributed by atoms with E-state index in [4.69, 9.17) is 0 Å². The Morgan fingerprint density at radius 1 is 1.26 bits per heavy atom. The fourth-order valence-electron chi connectivity index (χ4n) is 5.24. The molecule has 0 unspecified atom stereocenters. The van der Waals surface area contributed by atoms with Gasteiger partial charge in [-0.2, -0.15) is 0 Å². The first-order valence-electron chi connectivity index (χ1n) is 8.80. The molecule has 0 aromatic heterocycles. The third-order valence-electron chi connectivity index (χ3n) is 6.61. The molecule has 3 atom stereocenters. The van der Waals surface area contributed by atoms with Crippen LogP contribution in [0.2, 0.25) is 0 Å². The van der Waals surface area contributed by atoms with E-state index >= 15 is 0 Å². The Kier molecular flexibility index (Phi) is 3.74. The van der Waals surface area contributed by atoms with E-state index in [1.165, 1.54) is 11.1 Å². The van der Waals surface area contributed by atoms with Gasteiger partial charge in [0.05, 0.1) is 5.41 Å². The van der Waals surface area contributed by atoms with Crippen molar-refractivity contribution in [3.05, 3.63) is 28.8 Å². The summed E-state index contributed by atoms with van der Waals surface area (Å²) in [7, 11) is 0. The number of fused-ring (bicyclic) bond motifs is 3. The molecule has 2 aliphatic carbocycles. The van der Waals surface area contributed by atoms with Crippen molar-refractivity contribution in [2.24, 2.45) is 11.3 Å². The number of rotatable bonds is 2. The molecule has 0 amide bonds. The fourth-order valence-corrected chi connectivity index (χ4v) is 5.24. The molecule has 0 aliphatic heterocycles. The van der Waals surface area contributed by atoms with Crippen LogP contribution in [0.5, 0.6) is 5.75 Å². The van der Waals surface area contributed by atoms with Gasteiger partial charge in [0, 0.05) is 0 Å². The van der Waals surface area contributed by atoms with Crippen molar-refractivity contribution in [1.29, 1.82) is 0 Å². The number of carbonyl (C=O) groups is 1. The van der Waals surface area contributed by atoms with E-state index in [9.17, 15) is 15.0 Å². The van der Waals surface area contributed by atoms with Crippen LogP contribution < -0.4 is 0 Å². The molecular formula is C20H28O3. The number of hydrogen-bond donors (Lipinski definition) is 2. The van der Waals surface area contributed by atoms with Crippen LogP contribution in [0, 0.1) is 11.3 Å². The monoisotopic (exact) mass is 316 g/mol. The molecule has 1 aromatic rings. The Morgan fingerprint density at radius 2 is 1.96 bits per heavy atom. The second kappa shape index (κ2) is 5.25. The van der Waals surface area contributed by atoms with Gasteiger partial charge in [-0.05, 0) is 72.6 Å². The maximum Gasteiger partial charge on any atom is 0.309 e. The molecule has 0 radical (unpaired) electrons. The molecule has 126 valence electrons. The number of carboxylic acids is 1. The number of phenols is 1. The van der Waals surface area contributed by atoms with Gasteiger partial charge in [0.25, 0.3) is 0 Å². The molecule has 3 nitrogen and oxygen atoms in total. The quantitative estimate of drug-likeness (QED) is 0.837. The topological polar surface area (TPSA) is 57.5 Å². The van der Waals surface area contributed by atoms with Gasteiger partial charge in [0.15, 0.2) is 0 Å². The van der Waals surface area contributed by atoms with Crippen molar-refractivity contribution >= 4 is 5.97 Å². The highest BCUT2D eigenvalue weighted by Gasteiger charge is 2.55. The molecule has 1 aromatic carbocycles. The Labute approximate surface area is 138 Å². The number of hydrogen-bond acceptors (Lipinski definition) is 2. The van der Waals surface area contributed by atoms with Crippen LogP contribution in [0.3, 0.4) is 0 Å². The summed E-state index contributed by atoms with van der Waals surface area (Å²) in [5.74, 6) is 0.127. The Hall–Kier alpha value is -1.51. The van der Waals surface area contributed by atoms with E-state index in [0.29, 0.717) is 11.7 Å². The zero-order valence-electron chi connectivity index (χ0n) is 14.6. The molecule has 3 heteroatoms. The number of phenolic OH excluding ortho intramolecular Hbond substituents is 1. The molecule has 23 heavy (non-hydrogen) atoms. The minimum atomic E-state index is -0.667. The van der Waals surface area contributed by atoms with E-state index in [-0.39, 0.29) is 11.3 Å². The molecule has 0 saturated heterocycles. The van der Waals surface area contributed by atoms with Crippen molar-refractivity contribution < 1.29 is 15.0 Å². The Balaban J connectivity index is 2.13. The van der Waals surface area contributed by atoms with Crippen molar-refractivity contribution in [2.75, 3.05) is 0 Å². The van der Waals surface area contributed by atoms with E-state index in [2.05, 4.69) is 26.8 Å². The predicted octanol–water partition coefficient (Wildman–Crippen LogP) is 4.61. The second-order valence-corrected chi connectivity index (χ2v) is 8.31. The summed E-state index contributed by atoms with van der Waals surface area (Å²) in [6.45, 7) is 8.32. The third kappa shape index (κ3) is 2.28.